The largest absolute Gasteiger partial charge is 0.372 e. The summed E-state index contributed by atoms with van der Waals surface area (Å²) in [6.07, 6.45) is 5.34. The van der Waals surface area contributed by atoms with Crippen LogP contribution >= 0.6 is 0 Å². The molecule has 32 heavy (non-hydrogen) atoms. The lowest BCUT2D eigenvalue weighted by Crippen LogP contribution is -2.19. The third-order valence-electron chi connectivity index (χ3n) is 8.21. The molecule has 0 radical (unpaired) electrons. The van der Waals surface area contributed by atoms with E-state index in [1.54, 1.807) is 0 Å². The number of nitrogens with zero attached hydrogens (tertiary/aromatic N) is 2. The fraction of sp³-hybridized carbons (Fsp3) is 0.500. The minimum Gasteiger partial charge on any atom is -0.372 e. The lowest BCUT2D eigenvalue weighted by molar-refractivity contribution is 0.134. The Morgan fingerprint density at radius 3 is 1.41 bits per heavy atom. The van der Waals surface area contributed by atoms with Gasteiger partial charge in [0.05, 0.1) is 26.4 Å². The summed E-state index contributed by atoms with van der Waals surface area (Å²) in [4.78, 5) is 5.22. The quantitative estimate of drug-likeness (QED) is 0.530. The fourth-order valence-electron chi connectivity index (χ4n) is 6.60. The molecule has 0 aromatic heterocycles. The number of hydrogen-bond acceptors (Lipinski definition) is 4. The molecule has 4 aliphatic rings. The van der Waals surface area contributed by atoms with E-state index in [0.717, 1.165) is 39.5 Å². The van der Waals surface area contributed by atoms with E-state index in [-0.39, 0.29) is 0 Å². The summed E-state index contributed by atoms with van der Waals surface area (Å²) in [5.41, 5.74) is 8.72. The summed E-state index contributed by atoms with van der Waals surface area (Å²) in [7, 11) is 0. The van der Waals surface area contributed by atoms with Crippen molar-refractivity contribution in [3.63, 3.8) is 0 Å². The molecule has 0 N–H and O–H groups in total. The van der Waals surface area contributed by atoms with Crippen LogP contribution in [-0.2, 0) is 49.0 Å². The Balaban J connectivity index is 1.41. The summed E-state index contributed by atoms with van der Waals surface area (Å²) >= 11 is 0. The normalized spacial score (nSPS) is 21.2. The molecule has 0 aliphatic carbocycles. The third-order valence-corrected chi connectivity index (χ3v) is 8.21. The number of benzene rings is 3. The van der Waals surface area contributed by atoms with Crippen LogP contribution in [0.1, 0.15) is 59.1 Å². The molecule has 166 valence electrons. The van der Waals surface area contributed by atoms with Gasteiger partial charge >= 0.3 is 0 Å². The van der Waals surface area contributed by atoms with Crippen LogP contribution in [0.3, 0.4) is 0 Å². The molecule has 0 amide bonds. The molecule has 0 bridgehead atoms. The predicted molar refractivity (Wildman–Crippen MR) is 127 cm³/mol. The standard InChI is InChI=1S/C28H32N2O2/c1-2-8-29(7-1)13-21-11-19-5-6-20-12-22(14-30-9-3-4-10-30)24-16-32-18-26(24)28(20)27(19)25-17-31-15-23(21)25/h5-6,11-12H,1-4,7-10,13-18H2. The summed E-state index contributed by atoms with van der Waals surface area (Å²) in [5.74, 6) is 0. The van der Waals surface area contributed by atoms with Gasteiger partial charge in [0.1, 0.15) is 0 Å². The van der Waals surface area contributed by atoms with E-state index >= 15 is 0 Å². The van der Waals surface area contributed by atoms with E-state index in [4.69, 9.17) is 9.47 Å². The predicted octanol–water partition coefficient (Wildman–Crippen LogP) is 5.25. The lowest BCUT2D eigenvalue weighted by Gasteiger charge is -2.21. The van der Waals surface area contributed by atoms with Crippen molar-refractivity contribution in [1.29, 1.82) is 0 Å². The van der Waals surface area contributed by atoms with E-state index in [9.17, 15) is 0 Å². The molecule has 4 nitrogen and oxygen atoms in total. The number of likely N-dealkylation sites (tertiary alicyclic amines) is 2. The van der Waals surface area contributed by atoms with Crippen LogP contribution in [0.15, 0.2) is 24.3 Å². The Labute approximate surface area is 190 Å². The maximum Gasteiger partial charge on any atom is 0.0731 e. The molecule has 4 aliphatic heterocycles. The minimum absolute atomic E-state index is 0.740. The highest BCUT2D eigenvalue weighted by atomic mass is 16.5. The highest BCUT2D eigenvalue weighted by Gasteiger charge is 2.27. The molecule has 7 rings (SSSR count). The molecule has 0 unspecified atom stereocenters. The van der Waals surface area contributed by atoms with E-state index in [1.165, 1.54) is 107 Å². The smallest absolute Gasteiger partial charge is 0.0731 e. The summed E-state index contributed by atoms with van der Waals surface area (Å²) in [6, 6.07) is 9.62. The molecule has 0 saturated carbocycles. The molecular formula is C28H32N2O2. The molecule has 3 aromatic carbocycles. The van der Waals surface area contributed by atoms with Crippen LogP contribution in [-0.4, -0.2) is 36.0 Å². The van der Waals surface area contributed by atoms with Gasteiger partial charge in [-0.1, -0.05) is 12.1 Å². The molecule has 0 spiro atoms. The minimum atomic E-state index is 0.740. The number of fused-ring (bicyclic) bond motifs is 7. The van der Waals surface area contributed by atoms with Gasteiger partial charge < -0.3 is 9.47 Å². The lowest BCUT2D eigenvalue weighted by atomic mass is 9.87. The fourth-order valence-corrected chi connectivity index (χ4v) is 6.60. The molecule has 0 atom stereocenters. The van der Waals surface area contributed by atoms with Crippen molar-refractivity contribution in [2.24, 2.45) is 0 Å². The van der Waals surface area contributed by atoms with Gasteiger partial charge in [0.2, 0.25) is 0 Å². The van der Waals surface area contributed by atoms with E-state index in [2.05, 4.69) is 34.1 Å². The third kappa shape index (κ3) is 3.12. The van der Waals surface area contributed by atoms with Crippen LogP contribution < -0.4 is 0 Å². The highest BCUT2D eigenvalue weighted by Crippen LogP contribution is 2.41. The SMILES string of the molecule is c1cc2cc(CN3CCCC3)c3c(c2c2c4c(c(CN5CCCC5)cc12)COC4)COC3. The first-order valence-electron chi connectivity index (χ1n) is 12.5. The van der Waals surface area contributed by atoms with Crippen molar-refractivity contribution in [2.75, 3.05) is 26.2 Å². The Kier molecular flexibility index (Phi) is 4.75. The summed E-state index contributed by atoms with van der Waals surface area (Å²) in [5, 5.41) is 5.60. The van der Waals surface area contributed by atoms with Gasteiger partial charge in [0, 0.05) is 13.1 Å². The van der Waals surface area contributed by atoms with Crippen molar-refractivity contribution < 1.29 is 9.47 Å². The Morgan fingerprint density at radius 1 is 0.562 bits per heavy atom. The topological polar surface area (TPSA) is 24.9 Å². The van der Waals surface area contributed by atoms with Gasteiger partial charge in [-0.3, -0.25) is 9.80 Å². The van der Waals surface area contributed by atoms with Gasteiger partial charge in [-0.05, 0) is 119 Å². The molecular weight excluding hydrogens is 396 g/mol. The van der Waals surface area contributed by atoms with Crippen molar-refractivity contribution >= 4 is 21.5 Å². The zero-order valence-corrected chi connectivity index (χ0v) is 18.9. The number of hydrogen-bond donors (Lipinski definition) is 0. The zero-order valence-electron chi connectivity index (χ0n) is 18.9. The summed E-state index contributed by atoms with van der Waals surface area (Å²) < 4.78 is 12.1. The van der Waals surface area contributed by atoms with Gasteiger partial charge in [-0.25, -0.2) is 0 Å². The van der Waals surface area contributed by atoms with Gasteiger partial charge in [0.15, 0.2) is 0 Å². The van der Waals surface area contributed by atoms with E-state index in [0.29, 0.717) is 0 Å². The van der Waals surface area contributed by atoms with Crippen molar-refractivity contribution in [2.45, 2.75) is 65.2 Å². The second-order valence-corrected chi connectivity index (χ2v) is 10.2. The van der Waals surface area contributed by atoms with Crippen LogP contribution in [0.5, 0.6) is 0 Å². The average molecular weight is 429 g/mol. The van der Waals surface area contributed by atoms with Crippen molar-refractivity contribution in [3.8, 4) is 0 Å². The molecule has 4 heterocycles. The van der Waals surface area contributed by atoms with Crippen molar-refractivity contribution in [3.05, 3.63) is 57.6 Å². The number of ether oxygens (including phenoxy) is 2. The first-order valence-corrected chi connectivity index (χ1v) is 12.5. The maximum absolute atomic E-state index is 6.05. The average Bonchev–Trinajstić information content (AvgIpc) is 3.61. The van der Waals surface area contributed by atoms with E-state index in [1.807, 2.05) is 0 Å². The monoisotopic (exact) mass is 428 g/mol. The van der Waals surface area contributed by atoms with Crippen LogP contribution in [0, 0.1) is 0 Å². The second-order valence-electron chi connectivity index (χ2n) is 10.2. The van der Waals surface area contributed by atoms with Crippen LogP contribution in [0.2, 0.25) is 0 Å². The zero-order chi connectivity index (χ0) is 21.1. The Morgan fingerprint density at radius 2 is 0.969 bits per heavy atom. The Bertz CT molecular complexity index is 1110. The summed E-state index contributed by atoms with van der Waals surface area (Å²) in [6.45, 7) is 10.1. The molecule has 2 fully saturated rings. The molecule has 3 aromatic rings. The molecule has 2 saturated heterocycles. The Hall–Kier alpha value is -1.98. The van der Waals surface area contributed by atoms with Gasteiger partial charge in [-0.2, -0.15) is 0 Å². The van der Waals surface area contributed by atoms with Crippen LogP contribution in [0.4, 0.5) is 0 Å². The first kappa shape index (κ1) is 19.5. The highest BCUT2D eigenvalue weighted by molar-refractivity contribution is 6.12. The second kappa shape index (κ2) is 7.81. The molecule has 4 heteroatoms. The van der Waals surface area contributed by atoms with Gasteiger partial charge in [-0.15, -0.1) is 0 Å². The van der Waals surface area contributed by atoms with Gasteiger partial charge in [0.25, 0.3) is 0 Å². The van der Waals surface area contributed by atoms with Crippen molar-refractivity contribution in [1.82, 2.24) is 9.80 Å². The van der Waals surface area contributed by atoms with Crippen LogP contribution in [0.25, 0.3) is 21.5 Å². The van der Waals surface area contributed by atoms with E-state index < -0.39 is 0 Å². The first-order chi connectivity index (χ1) is 15.8. The number of rotatable bonds is 4. The maximum atomic E-state index is 6.05.